The maximum Gasteiger partial charge on any atom is 0.178 e. The smallest absolute Gasteiger partial charge is 0.178 e. The van der Waals surface area contributed by atoms with Crippen molar-refractivity contribution in [3.8, 4) is 5.75 Å². The van der Waals surface area contributed by atoms with Gasteiger partial charge in [-0.2, -0.15) is 0 Å². The average molecular weight is 294 g/mol. The minimum atomic E-state index is 0.0534. The Kier molecular flexibility index (Phi) is 3.63. The van der Waals surface area contributed by atoms with Gasteiger partial charge in [0, 0.05) is 12.0 Å². The highest BCUT2D eigenvalue weighted by Gasteiger charge is 2.35. The van der Waals surface area contributed by atoms with E-state index in [4.69, 9.17) is 10.5 Å². The Bertz CT molecular complexity index is 516. The standard InChI is InChI=1S/C15H22N2O2S/c1-8(2)19-13-11(16)14(12(18)9-6-7-9)20-15(13)17-10-4-3-5-10/h8-10,17H,3-7,16H2,1-2H3. The Morgan fingerprint density at radius 1 is 1.35 bits per heavy atom. The van der Waals surface area contributed by atoms with Crippen molar-refractivity contribution in [2.45, 2.75) is 58.1 Å². The number of ketones is 1. The van der Waals surface area contributed by atoms with Gasteiger partial charge in [0.2, 0.25) is 0 Å². The molecule has 0 spiro atoms. The van der Waals surface area contributed by atoms with Gasteiger partial charge in [-0.1, -0.05) is 0 Å². The van der Waals surface area contributed by atoms with E-state index in [1.165, 1.54) is 30.6 Å². The van der Waals surface area contributed by atoms with Crippen molar-refractivity contribution >= 4 is 27.8 Å². The molecule has 5 heteroatoms. The quantitative estimate of drug-likeness (QED) is 0.786. The van der Waals surface area contributed by atoms with Crippen LogP contribution in [0.1, 0.15) is 55.6 Å². The second-order valence-corrected chi connectivity index (χ2v) is 7.10. The minimum Gasteiger partial charge on any atom is -0.486 e. The highest BCUT2D eigenvalue weighted by molar-refractivity contribution is 7.19. The van der Waals surface area contributed by atoms with Gasteiger partial charge in [0.25, 0.3) is 0 Å². The second-order valence-electron chi connectivity index (χ2n) is 6.08. The molecule has 4 nitrogen and oxygen atoms in total. The molecular weight excluding hydrogens is 272 g/mol. The van der Waals surface area contributed by atoms with Crippen molar-refractivity contribution in [1.29, 1.82) is 0 Å². The summed E-state index contributed by atoms with van der Waals surface area (Å²) >= 11 is 1.47. The highest BCUT2D eigenvalue weighted by atomic mass is 32.1. The van der Waals surface area contributed by atoms with Crippen molar-refractivity contribution in [3.05, 3.63) is 4.88 Å². The molecule has 2 aliphatic carbocycles. The van der Waals surface area contributed by atoms with Crippen LogP contribution in [0.3, 0.4) is 0 Å². The van der Waals surface area contributed by atoms with E-state index in [9.17, 15) is 4.79 Å². The lowest BCUT2D eigenvalue weighted by atomic mass is 9.93. The van der Waals surface area contributed by atoms with Gasteiger partial charge in [-0.15, -0.1) is 11.3 Å². The molecule has 0 unspecified atom stereocenters. The summed E-state index contributed by atoms with van der Waals surface area (Å²) in [5.74, 6) is 1.07. The summed E-state index contributed by atoms with van der Waals surface area (Å²) in [4.78, 5) is 13.0. The molecule has 0 bridgehead atoms. The molecule has 3 rings (SSSR count). The lowest BCUT2D eigenvalue weighted by molar-refractivity contribution is 0.0972. The van der Waals surface area contributed by atoms with Crippen molar-refractivity contribution in [3.63, 3.8) is 0 Å². The number of rotatable bonds is 6. The van der Waals surface area contributed by atoms with E-state index >= 15 is 0 Å². The van der Waals surface area contributed by atoms with Crippen LogP contribution in [0.4, 0.5) is 10.7 Å². The van der Waals surface area contributed by atoms with Gasteiger partial charge in [-0.25, -0.2) is 0 Å². The fourth-order valence-electron chi connectivity index (χ4n) is 2.33. The largest absolute Gasteiger partial charge is 0.486 e. The van der Waals surface area contributed by atoms with Crippen LogP contribution < -0.4 is 15.8 Å². The van der Waals surface area contributed by atoms with Gasteiger partial charge >= 0.3 is 0 Å². The molecule has 0 amide bonds. The van der Waals surface area contributed by atoms with Crippen LogP contribution in [0.15, 0.2) is 0 Å². The topological polar surface area (TPSA) is 64.3 Å². The molecule has 2 aliphatic rings. The molecule has 2 saturated carbocycles. The van der Waals surface area contributed by atoms with Gasteiger partial charge < -0.3 is 15.8 Å². The Morgan fingerprint density at radius 3 is 2.55 bits per heavy atom. The van der Waals surface area contributed by atoms with E-state index in [1.54, 1.807) is 0 Å². The van der Waals surface area contributed by atoms with Crippen LogP contribution in [-0.2, 0) is 0 Å². The Balaban J connectivity index is 1.88. The lowest BCUT2D eigenvalue weighted by Gasteiger charge is -2.27. The monoisotopic (exact) mass is 294 g/mol. The second kappa shape index (κ2) is 5.28. The number of carbonyl (C=O) groups is 1. The van der Waals surface area contributed by atoms with E-state index in [0.717, 1.165) is 17.8 Å². The fourth-order valence-corrected chi connectivity index (χ4v) is 3.48. The summed E-state index contributed by atoms with van der Waals surface area (Å²) in [5.41, 5.74) is 6.71. The number of nitrogen functional groups attached to an aromatic ring is 1. The van der Waals surface area contributed by atoms with Crippen molar-refractivity contribution in [2.75, 3.05) is 11.1 Å². The van der Waals surface area contributed by atoms with Crippen LogP contribution >= 0.6 is 11.3 Å². The van der Waals surface area contributed by atoms with E-state index in [2.05, 4.69) is 5.32 Å². The fraction of sp³-hybridized carbons (Fsp3) is 0.667. The Hall–Kier alpha value is -1.23. The zero-order chi connectivity index (χ0) is 14.3. The number of anilines is 2. The molecule has 0 atom stereocenters. The van der Waals surface area contributed by atoms with Crippen molar-refractivity contribution in [2.24, 2.45) is 5.92 Å². The first kappa shape index (κ1) is 13.7. The summed E-state index contributed by atoms with van der Waals surface area (Å²) in [6.07, 6.45) is 5.70. The number of nitrogens with two attached hydrogens (primary N) is 1. The first-order valence-electron chi connectivity index (χ1n) is 7.46. The summed E-state index contributed by atoms with van der Waals surface area (Å²) < 4.78 is 5.85. The first-order valence-corrected chi connectivity index (χ1v) is 8.27. The molecule has 1 aromatic rings. The van der Waals surface area contributed by atoms with Crippen LogP contribution in [0.25, 0.3) is 0 Å². The molecule has 110 valence electrons. The number of carbonyl (C=O) groups excluding carboxylic acids is 1. The van der Waals surface area contributed by atoms with Gasteiger partial charge in [-0.05, 0) is 46.0 Å². The summed E-state index contributed by atoms with van der Waals surface area (Å²) in [7, 11) is 0. The number of hydrogen-bond acceptors (Lipinski definition) is 5. The molecule has 0 aliphatic heterocycles. The van der Waals surface area contributed by atoms with E-state index in [-0.39, 0.29) is 17.8 Å². The van der Waals surface area contributed by atoms with Gasteiger partial charge in [0.05, 0.1) is 16.7 Å². The van der Waals surface area contributed by atoms with Gasteiger partial charge in [0.1, 0.15) is 5.00 Å². The minimum absolute atomic E-state index is 0.0534. The van der Waals surface area contributed by atoms with Crippen LogP contribution in [0.2, 0.25) is 0 Å². The van der Waals surface area contributed by atoms with Crippen LogP contribution in [0.5, 0.6) is 5.75 Å². The molecule has 0 radical (unpaired) electrons. The van der Waals surface area contributed by atoms with Crippen molar-refractivity contribution < 1.29 is 9.53 Å². The number of thiophene rings is 1. The first-order chi connectivity index (χ1) is 9.56. The average Bonchev–Trinajstić information content (AvgIpc) is 3.13. The zero-order valence-corrected chi connectivity index (χ0v) is 12.9. The maximum absolute atomic E-state index is 12.3. The van der Waals surface area contributed by atoms with E-state index < -0.39 is 0 Å². The maximum atomic E-state index is 12.3. The van der Waals surface area contributed by atoms with Crippen LogP contribution in [0, 0.1) is 5.92 Å². The highest BCUT2D eigenvalue weighted by Crippen LogP contribution is 2.47. The molecule has 20 heavy (non-hydrogen) atoms. The molecule has 0 saturated heterocycles. The SMILES string of the molecule is CC(C)Oc1c(NC2CCC2)sc(C(=O)C2CC2)c1N. The van der Waals surface area contributed by atoms with Gasteiger partial charge in [-0.3, -0.25) is 4.79 Å². The molecule has 1 heterocycles. The molecular formula is C15H22N2O2S. The molecule has 3 N–H and O–H groups in total. The number of nitrogens with one attached hydrogen (secondary N) is 1. The summed E-state index contributed by atoms with van der Waals surface area (Å²) in [6.45, 7) is 3.96. The lowest BCUT2D eigenvalue weighted by Crippen LogP contribution is -2.26. The Morgan fingerprint density at radius 2 is 2.05 bits per heavy atom. The van der Waals surface area contributed by atoms with Gasteiger partial charge in [0.15, 0.2) is 11.5 Å². The molecule has 1 aromatic heterocycles. The Labute approximate surface area is 123 Å². The summed E-state index contributed by atoms with van der Waals surface area (Å²) in [5, 5.41) is 4.42. The third-order valence-corrected chi connectivity index (χ3v) is 5.00. The summed E-state index contributed by atoms with van der Waals surface area (Å²) in [6, 6.07) is 0.506. The zero-order valence-electron chi connectivity index (χ0n) is 12.1. The number of ether oxygens (including phenoxy) is 1. The predicted molar refractivity (Wildman–Crippen MR) is 82.8 cm³/mol. The van der Waals surface area contributed by atoms with E-state index in [1.807, 2.05) is 13.8 Å². The number of Topliss-reactive ketones (excluding diaryl/α,β-unsaturated/α-hetero) is 1. The third kappa shape index (κ3) is 2.64. The molecule has 2 fully saturated rings. The molecule has 0 aromatic carbocycles. The van der Waals surface area contributed by atoms with E-state index in [0.29, 0.717) is 22.4 Å². The normalized spacial score (nSPS) is 18.9. The third-order valence-electron chi connectivity index (χ3n) is 3.87. The van der Waals surface area contributed by atoms with Crippen LogP contribution in [-0.4, -0.2) is 17.9 Å². The number of hydrogen-bond donors (Lipinski definition) is 2. The predicted octanol–water partition coefficient (Wildman–Crippen LogP) is 3.67. The van der Waals surface area contributed by atoms with Crippen molar-refractivity contribution in [1.82, 2.24) is 0 Å².